The second-order valence-corrected chi connectivity index (χ2v) is 10.3. The third kappa shape index (κ3) is 6.37. The van der Waals surface area contributed by atoms with Crippen molar-refractivity contribution in [3.8, 4) is 17.0 Å². The van der Waals surface area contributed by atoms with E-state index >= 15 is 0 Å². The first-order valence-corrected chi connectivity index (χ1v) is 12.9. The number of aliphatic hydroxyl groups is 1. The average Bonchev–Trinajstić information content (AvgIpc) is 2.92. The van der Waals surface area contributed by atoms with Gasteiger partial charge in [0.1, 0.15) is 5.75 Å². The number of aromatic nitrogens is 1. The topological polar surface area (TPSA) is 107 Å². The van der Waals surface area contributed by atoms with Crippen LogP contribution in [0.15, 0.2) is 54.7 Å². The summed E-state index contributed by atoms with van der Waals surface area (Å²) >= 11 is 0. The Labute approximate surface area is 223 Å². The zero-order valence-corrected chi connectivity index (χ0v) is 22.1. The first kappa shape index (κ1) is 27.3. The van der Waals surface area contributed by atoms with Gasteiger partial charge in [-0.2, -0.15) is 0 Å². The van der Waals surface area contributed by atoms with Crippen LogP contribution in [-0.4, -0.2) is 41.0 Å². The number of amides is 1. The zero-order chi connectivity index (χ0) is 27.3. The smallest absolute Gasteiger partial charge is 0.251 e. The number of anilines is 1. The van der Waals surface area contributed by atoms with Crippen LogP contribution in [0, 0.1) is 17.1 Å². The molecule has 4 N–H and O–H groups in total. The molecule has 1 amide bonds. The van der Waals surface area contributed by atoms with Crippen LogP contribution in [0.1, 0.15) is 61.0 Å². The van der Waals surface area contributed by atoms with Crippen LogP contribution < -0.4 is 15.4 Å². The molecule has 8 heteroatoms. The fourth-order valence-corrected chi connectivity index (χ4v) is 4.98. The van der Waals surface area contributed by atoms with E-state index in [1.807, 2.05) is 38.1 Å². The lowest BCUT2D eigenvalue weighted by Gasteiger charge is -2.36. The molecule has 1 aliphatic rings. The van der Waals surface area contributed by atoms with Gasteiger partial charge in [-0.1, -0.05) is 24.3 Å². The van der Waals surface area contributed by atoms with E-state index in [1.54, 1.807) is 31.4 Å². The van der Waals surface area contributed by atoms with Crippen molar-refractivity contribution < 1.29 is 19.0 Å². The number of halogens is 1. The predicted molar refractivity (Wildman–Crippen MR) is 147 cm³/mol. The summed E-state index contributed by atoms with van der Waals surface area (Å²) in [6.45, 7) is 4.05. The third-order valence-electron chi connectivity index (χ3n) is 7.32. The number of ether oxygens (including phenoxy) is 1. The minimum atomic E-state index is -0.695. The Morgan fingerprint density at radius 3 is 2.37 bits per heavy atom. The van der Waals surface area contributed by atoms with Crippen molar-refractivity contribution in [3.63, 3.8) is 0 Å². The molecule has 1 heterocycles. The number of pyridine rings is 1. The second-order valence-electron chi connectivity index (χ2n) is 10.3. The fraction of sp³-hybridized carbons (Fsp3) is 0.367. The van der Waals surface area contributed by atoms with Crippen molar-refractivity contribution in [2.45, 2.75) is 57.7 Å². The Hall–Kier alpha value is -3.78. The Morgan fingerprint density at radius 2 is 1.79 bits per heavy atom. The number of carbonyl (C=O) groups excluding carboxylic acids is 1. The number of carbonyl (C=O) groups is 1. The fourth-order valence-electron chi connectivity index (χ4n) is 4.98. The lowest BCUT2D eigenvalue weighted by atomic mass is 9.77. The number of benzene rings is 2. The van der Waals surface area contributed by atoms with Gasteiger partial charge in [0.25, 0.3) is 5.91 Å². The molecule has 7 nitrogen and oxygen atoms in total. The van der Waals surface area contributed by atoms with E-state index in [2.05, 4.69) is 15.6 Å². The first-order valence-electron chi connectivity index (χ1n) is 12.9. The monoisotopic (exact) mass is 518 g/mol. The van der Waals surface area contributed by atoms with Gasteiger partial charge in [0.15, 0.2) is 5.82 Å². The van der Waals surface area contributed by atoms with Gasteiger partial charge in [-0.25, -0.2) is 4.39 Å². The van der Waals surface area contributed by atoms with E-state index in [-0.39, 0.29) is 23.6 Å². The van der Waals surface area contributed by atoms with Gasteiger partial charge in [-0.15, -0.1) is 0 Å². The molecular formula is C30H35FN4O3. The summed E-state index contributed by atoms with van der Waals surface area (Å²) in [5.74, 6) is 0.291. The Morgan fingerprint density at radius 1 is 1.13 bits per heavy atom. The molecule has 0 atom stereocenters. The van der Waals surface area contributed by atoms with Crippen LogP contribution in [-0.2, 0) is 6.54 Å². The molecule has 0 radical (unpaired) electrons. The highest BCUT2D eigenvalue weighted by Crippen LogP contribution is 2.33. The molecule has 0 unspecified atom stereocenters. The molecule has 1 aliphatic carbocycles. The minimum absolute atomic E-state index is 0.0865. The van der Waals surface area contributed by atoms with E-state index in [4.69, 9.17) is 10.1 Å². The van der Waals surface area contributed by atoms with E-state index in [1.165, 1.54) is 0 Å². The maximum Gasteiger partial charge on any atom is 0.251 e. The van der Waals surface area contributed by atoms with Gasteiger partial charge in [-0.05, 0) is 75.3 Å². The molecule has 0 saturated heterocycles. The average molecular weight is 519 g/mol. The van der Waals surface area contributed by atoms with Crippen molar-refractivity contribution in [1.29, 1.82) is 5.41 Å². The van der Waals surface area contributed by atoms with Crippen LogP contribution in [0.5, 0.6) is 5.75 Å². The first-order chi connectivity index (χ1) is 18.2. The SMILES string of the molecule is COc1ccc(CNc2c(F)cnc(-c3ccc(C(=O)NC4CCC(C(C)(C)O)CC4)cc3)c2C=N)cc1. The van der Waals surface area contributed by atoms with Gasteiger partial charge in [0.2, 0.25) is 0 Å². The summed E-state index contributed by atoms with van der Waals surface area (Å²) in [6.07, 6.45) is 5.67. The number of nitrogens with one attached hydrogen (secondary N) is 3. The highest BCUT2D eigenvalue weighted by molar-refractivity contribution is 5.96. The van der Waals surface area contributed by atoms with Gasteiger partial charge < -0.3 is 25.9 Å². The number of hydrogen-bond donors (Lipinski definition) is 4. The summed E-state index contributed by atoms with van der Waals surface area (Å²) in [7, 11) is 1.60. The predicted octanol–water partition coefficient (Wildman–Crippen LogP) is 5.57. The Kier molecular flexibility index (Phi) is 8.42. The minimum Gasteiger partial charge on any atom is -0.497 e. The van der Waals surface area contributed by atoms with Crippen molar-refractivity contribution in [1.82, 2.24) is 10.3 Å². The summed E-state index contributed by atoms with van der Waals surface area (Å²) in [5, 5.41) is 24.4. The van der Waals surface area contributed by atoms with E-state index in [0.717, 1.165) is 49.4 Å². The Bertz CT molecular complexity index is 1260. The number of rotatable bonds is 9. The molecule has 4 rings (SSSR count). The largest absolute Gasteiger partial charge is 0.497 e. The summed E-state index contributed by atoms with van der Waals surface area (Å²) in [5.41, 5.74) is 2.43. The zero-order valence-electron chi connectivity index (χ0n) is 22.1. The van der Waals surface area contributed by atoms with Crippen molar-refractivity contribution in [2.75, 3.05) is 12.4 Å². The lowest BCUT2D eigenvalue weighted by Crippen LogP contribution is -2.41. The molecule has 200 valence electrons. The van der Waals surface area contributed by atoms with Gasteiger partial charge >= 0.3 is 0 Å². The summed E-state index contributed by atoms with van der Waals surface area (Å²) in [6, 6.07) is 14.5. The quantitative estimate of drug-likeness (QED) is 0.277. The standard InChI is InChI=1S/C30H35FN4O3/c1-30(2,37)22-10-12-23(13-11-22)35-29(36)21-8-6-20(7-9-21)27-25(16-32)28(26(31)18-34-27)33-17-19-4-14-24(38-3)15-5-19/h4-9,14-16,18,22-23,32,37H,10-13,17H2,1-3H3,(H,33,34)(H,35,36). The maximum absolute atomic E-state index is 14.7. The highest BCUT2D eigenvalue weighted by atomic mass is 19.1. The number of hydrogen-bond acceptors (Lipinski definition) is 6. The van der Waals surface area contributed by atoms with Crippen LogP contribution in [0.4, 0.5) is 10.1 Å². The summed E-state index contributed by atoms with van der Waals surface area (Å²) in [4.78, 5) is 17.1. The molecule has 1 fully saturated rings. The second kappa shape index (κ2) is 11.7. The molecule has 3 aromatic rings. The third-order valence-corrected chi connectivity index (χ3v) is 7.32. The van der Waals surface area contributed by atoms with E-state index < -0.39 is 11.4 Å². The van der Waals surface area contributed by atoms with E-state index in [9.17, 15) is 14.3 Å². The number of methoxy groups -OCH3 is 1. The molecule has 2 aromatic carbocycles. The lowest BCUT2D eigenvalue weighted by molar-refractivity contribution is -0.00257. The van der Waals surface area contributed by atoms with Crippen molar-refractivity contribution >= 4 is 17.8 Å². The molecule has 0 aliphatic heterocycles. The molecule has 1 aromatic heterocycles. The van der Waals surface area contributed by atoms with Crippen LogP contribution in [0.25, 0.3) is 11.3 Å². The maximum atomic E-state index is 14.7. The summed E-state index contributed by atoms with van der Waals surface area (Å²) < 4.78 is 19.9. The normalized spacial score (nSPS) is 17.5. The molecule has 38 heavy (non-hydrogen) atoms. The van der Waals surface area contributed by atoms with Gasteiger partial charge in [-0.3, -0.25) is 9.78 Å². The van der Waals surface area contributed by atoms with Crippen LogP contribution in [0.3, 0.4) is 0 Å². The van der Waals surface area contributed by atoms with E-state index in [0.29, 0.717) is 28.9 Å². The molecular weight excluding hydrogens is 483 g/mol. The molecule has 0 bridgehead atoms. The van der Waals surface area contributed by atoms with Crippen molar-refractivity contribution in [3.05, 3.63) is 77.2 Å². The number of nitrogens with zero attached hydrogens (tertiary/aromatic N) is 1. The van der Waals surface area contributed by atoms with Gasteiger partial charge in [0.05, 0.1) is 30.3 Å². The van der Waals surface area contributed by atoms with Crippen molar-refractivity contribution in [2.24, 2.45) is 5.92 Å². The molecule has 1 saturated carbocycles. The van der Waals surface area contributed by atoms with Gasteiger partial charge in [0, 0.05) is 35.5 Å². The highest BCUT2D eigenvalue weighted by Gasteiger charge is 2.31. The Balaban J connectivity index is 1.45. The van der Waals surface area contributed by atoms with Crippen LogP contribution >= 0.6 is 0 Å². The van der Waals surface area contributed by atoms with Crippen LogP contribution in [0.2, 0.25) is 0 Å². The molecule has 0 spiro atoms.